The number of ether oxygens (including phenoxy) is 1. The van der Waals surface area contributed by atoms with Crippen molar-refractivity contribution in [3.05, 3.63) is 24.3 Å². The summed E-state index contributed by atoms with van der Waals surface area (Å²) in [6.07, 6.45) is 0. The van der Waals surface area contributed by atoms with Crippen LogP contribution in [0.2, 0.25) is 0 Å². The van der Waals surface area contributed by atoms with Crippen LogP contribution in [0.3, 0.4) is 0 Å². The van der Waals surface area contributed by atoms with Gasteiger partial charge in [0.15, 0.2) is 6.61 Å². The molecular weight excluding hydrogens is 248 g/mol. The van der Waals surface area contributed by atoms with E-state index in [2.05, 4.69) is 12.2 Å². The molecule has 1 rings (SSSR count). The molecule has 0 radical (unpaired) electrons. The van der Waals surface area contributed by atoms with Crippen molar-refractivity contribution in [1.82, 2.24) is 5.32 Å². The van der Waals surface area contributed by atoms with Crippen LogP contribution in [0.25, 0.3) is 0 Å². The van der Waals surface area contributed by atoms with E-state index in [1.54, 1.807) is 36.0 Å². The first-order chi connectivity index (χ1) is 8.61. The Balaban J connectivity index is 2.26. The number of thioether (sulfide) groups is 1. The topological polar surface area (TPSA) is 64.3 Å². The van der Waals surface area contributed by atoms with Crippen LogP contribution in [0.1, 0.15) is 13.8 Å². The molecule has 0 fully saturated rings. The maximum Gasteiger partial charge on any atom is 0.258 e. The van der Waals surface area contributed by atoms with Gasteiger partial charge >= 0.3 is 0 Å². The number of benzene rings is 1. The molecule has 1 amide bonds. The highest BCUT2D eigenvalue weighted by Crippen LogP contribution is 2.12. The second-order valence-corrected chi connectivity index (χ2v) is 5.30. The number of nitrogens with one attached hydrogen (secondary N) is 1. The summed E-state index contributed by atoms with van der Waals surface area (Å²) in [5, 5.41) is 2.89. The summed E-state index contributed by atoms with van der Waals surface area (Å²) in [6.45, 7) is 4.12. The number of hydrogen-bond donors (Lipinski definition) is 2. The number of hydrogen-bond acceptors (Lipinski definition) is 4. The molecule has 0 spiro atoms. The Morgan fingerprint density at radius 2 is 2.11 bits per heavy atom. The SMILES string of the molecule is CCSCC(C)NC(=O)COc1ccc(N)cc1. The Kier molecular flexibility index (Phi) is 6.43. The second kappa shape index (κ2) is 7.87. The quantitative estimate of drug-likeness (QED) is 0.741. The first kappa shape index (κ1) is 14.7. The van der Waals surface area contributed by atoms with Crippen molar-refractivity contribution in [2.45, 2.75) is 19.9 Å². The molecule has 0 bridgehead atoms. The Morgan fingerprint density at radius 3 is 2.72 bits per heavy atom. The molecule has 5 heteroatoms. The fraction of sp³-hybridized carbons (Fsp3) is 0.462. The van der Waals surface area contributed by atoms with Gasteiger partial charge < -0.3 is 15.8 Å². The Hall–Kier alpha value is -1.36. The van der Waals surface area contributed by atoms with Crippen molar-refractivity contribution in [2.75, 3.05) is 23.8 Å². The van der Waals surface area contributed by atoms with Crippen LogP contribution in [0.15, 0.2) is 24.3 Å². The first-order valence-electron chi connectivity index (χ1n) is 5.97. The molecule has 1 aromatic carbocycles. The van der Waals surface area contributed by atoms with Gasteiger partial charge in [0.1, 0.15) is 5.75 Å². The van der Waals surface area contributed by atoms with Crippen LogP contribution in [0, 0.1) is 0 Å². The first-order valence-corrected chi connectivity index (χ1v) is 7.12. The zero-order valence-electron chi connectivity index (χ0n) is 10.8. The largest absolute Gasteiger partial charge is 0.484 e. The molecule has 0 aliphatic carbocycles. The molecule has 1 aromatic rings. The lowest BCUT2D eigenvalue weighted by Gasteiger charge is -2.13. The van der Waals surface area contributed by atoms with Crippen molar-refractivity contribution in [3.63, 3.8) is 0 Å². The normalized spacial score (nSPS) is 11.9. The van der Waals surface area contributed by atoms with Gasteiger partial charge in [0, 0.05) is 17.5 Å². The minimum atomic E-state index is -0.101. The summed E-state index contributed by atoms with van der Waals surface area (Å²) in [4.78, 5) is 11.6. The lowest BCUT2D eigenvalue weighted by Crippen LogP contribution is -2.37. The van der Waals surface area contributed by atoms with Gasteiger partial charge in [-0.25, -0.2) is 0 Å². The van der Waals surface area contributed by atoms with Crippen molar-refractivity contribution in [2.24, 2.45) is 0 Å². The van der Waals surface area contributed by atoms with E-state index in [4.69, 9.17) is 10.5 Å². The molecular formula is C13H20N2O2S. The van der Waals surface area contributed by atoms with E-state index in [-0.39, 0.29) is 18.6 Å². The summed E-state index contributed by atoms with van der Waals surface area (Å²) in [5.74, 6) is 2.53. The Morgan fingerprint density at radius 1 is 1.44 bits per heavy atom. The average Bonchev–Trinajstić information content (AvgIpc) is 2.35. The average molecular weight is 268 g/mol. The predicted octanol–water partition coefficient (Wildman–Crippen LogP) is 1.91. The second-order valence-electron chi connectivity index (χ2n) is 3.99. The number of carbonyl (C=O) groups excluding carboxylic acids is 1. The third kappa shape index (κ3) is 5.82. The number of amides is 1. The van der Waals surface area contributed by atoms with Crippen molar-refractivity contribution in [1.29, 1.82) is 0 Å². The molecule has 4 nitrogen and oxygen atoms in total. The van der Waals surface area contributed by atoms with E-state index in [0.717, 1.165) is 11.5 Å². The van der Waals surface area contributed by atoms with Gasteiger partial charge in [0.25, 0.3) is 5.91 Å². The minimum Gasteiger partial charge on any atom is -0.484 e. The molecule has 0 saturated heterocycles. The highest BCUT2D eigenvalue weighted by atomic mass is 32.2. The van der Waals surface area contributed by atoms with E-state index in [1.165, 1.54) is 0 Å². The third-order valence-electron chi connectivity index (χ3n) is 2.23. The van der Waals surface area contributed by atoms with Gasteiger partial charge in [-0.05, 0) is 36.9 Å². The van der Waals surface area contributed by atoms with Gasteiger partial charge in [-0.15, -0.1) is 0 Å². The zero-order chi connectivity index (χ0) is 13.4. The summed E-state index contributed by atoms with van der Waals surface area (Å²) in [5.41, 5.74) is 6.24. The van der Waals surface area contributed by atoms with E-state index in [9.17, 15) is 4.79 Å². The molecule has 100 valence electrons. The highest BCUT2D eigenvalue weighted by molar-refractivity contribution is 7.99. The van der Waals surface area contributed by atoms with Gasteiger partial charge in [0.05, 0.1) is 0 Å². The maximum absolute atomic E-state index is 11.6. The van der Waals surface area contributed by atoms with E-state index in [1.807, 2.05) is 6.92 Å². The molecule has 0 aromatic heterocycles. The Labute approximate surface area is 112 Å². The van der Waals surface area contributed by atoms with Gasteiger partial charge in [-0.1, -0.05) is 6.92 Å². The van der Waals surface area contributed by atoms with Crippen molar-refractivity contribution in [3.8, 4) is 5.75 Å². The van der Waals surface area contributed by atoms with Crippen LogP contribution in [-0.2, 0) is 4.79 Å². The summed E-state index contributed by atoms with van der Waals surface area (Å²) < 4.78 is 5.35. The minimum absolute atomic E-state index is 0.0328. The molecule has 0 heterocycles. The maximum atomic E-state index is 11.6. The van der Waals surface area contributed by atoms with Crippen LogP contribution in [0.5, 0.6) is 5.75 Å². The van der Waals surface area contributed by atoms with Gasteiger partial charge in [-0.2, -0.15) is 11.8 Å². The number of carbonyl (C=O) groups is 1. The molecule has 0 saturated carbocycles. The molecule has 0 aliphatic rings. The Bertz CT molecular complexity index is 368. The molecule has 1 atom stereocenters. The lowest BCUT2D eigenvalue weighted by molar-refractivity contribution is -0.123. The number of nitrogens with two attached hydrogens (primary N) is 1. The fourth-order valence-electron chi connectivity index (χ4n) is 1.37. The van der Waals surface area contributed by atoms with E-state index in [0.29, 0.717) is 11.4 Å². The molecule has 3 N–H and O–H groups in total. The van der Waals surface area contributed by atoms with Crippen molar-refractivity contribution < 1.29 is 9.53 Å². The number of anilines is 1. The van der Waals surface area contributed by atoms with Crippen LogP contribution < -0.4 is 15.8 Å². The zero-order valence-corrected chi connectivity index (χ0v) is 11.6. The van der Waals surface area contributed by atoms with Crippen LogP contribution in [0.4, 0.5) is 5.69 Å². The van der Waals surface area contributed by atoms with E-state index >= 15 is 0 Å². The molecule has 1 unspecified atom stereocenters. The lowest BCUT2D eigenvalue weighted by atomic mass is 10.3. The monoisotopic (exact) mass is 268 g/mol. The van der Waals surface area contributed by atoms with Crippen molar-refractivity contribution >= 4 is 23.4 Å². The molecule has 18 heavy (non-hydrogen) atoms. The van der Waals surface area contributed by atoms with Gasteiger partial charge in [0.2, 0.25) is 0 Å². The third-order valence-corrected chi connectivity index (χ3v) is 3.37. The fourth-order valence-corrected chi connectivity index (χ4v) is 2.04. The number of nitrogen functional groups attached to an aromatic ring is 1. The predicted molar refractivity (Wildman–Crippen MR) is 77.0 cm³/mol. The summed E-state index contributed by atoms with van der Waals surface area (Å²) in [7, 11) is 0. The number of rotatable bonds is 7. The van der Waals surface area contributed by atoms with Crippen LogP contribution in [-0.4, -0.2) is 30.1 Å². The van der Waals surface area contributed by atoms with E-state index < -0.39 is 0 Å². The molecule has 0 aliphatic heterocycles. The van der Waals surface area contributed by atoms with Crippen LogP contribution >= 0.6 is 11.8 Å². The standard InChI is InChI=1S/C13H20N2O2S/c1-3-18-9-10(2)15-13(16)8-17-12-6-4-11(14)5-7-12/h4-7,10H,3,8-9,14H2,1-2H3,(H,15,16). The highest BCUT2D eigenvalue weighted by Gasteiger charge is 2.07. The smallest absolute Gasteiger partial charge is 0.258 e. The summed E-state index contributed by atoms with van der Waals surface area (Å²) in [6, 6.07) is 7.15. The van der Waals surface area contributed by atoms with Gasteiger partial charge in [-0.3, -0.25) is 4.79 Å². The summed E-state index contributed by atoms with van der Waals surface area (Å²) >= 11 is 1.80.